The highest BCUT2D eigenvalue weighted by atomic mass is 16.5. The standard InChI is InChI=1S/C19H19N5O3/c1-3-27-17-8-7-13(10-18(17)26-2)15-11-16(23-22-15)19(25)24-21-12-14-6-4-5-9-20-14/h4-12H,3H2,1-2H3,(H,22,23)(H,24,25)/b21-12-. The lowest BCUT2D eigenvalue weighted by atomic mass is 10.1. The van der Waals surface area contributed by atoms with E-state index >= 15 is 0 Å². The van der Waals surface area contributed by atoms with Gasteiger partial charge in [0, 0.05) is 11.8 Å². The van der Waals surface area contributed by atoms with E-state index in [0.717, 1.165) is 5.56 Å². The molecule has 0 unspecified atom stereocenters. The van der Waals surface area contributed by atoms with Crippen LogP contribution in [-0.2, 0) is 0 Å². The second-order valence-corrected chi connectivity index (χ2v) is 5.42. The highest BCUT2D eigenvalue weighted by Gasteiger charge is 2.13. The Bertz CT molecular complexity index is 938. The maximum Gasteiger partial charge on any atom is 0.289 e. The van der Waals surface area contributed by atoms with Gasteiger partial charge >= 0.3 is 0 Å². The van der Waals surface area contributed by atoms with Crippen molar-refractivity contribution in [3.8, 4) is 22.8 Å². The molecule has 0 aliphatic rings. The van der Waals surface area contributed by atoms with Crippen molar-refractivity contribution >= 4 is 12.1 Å². The summed E-state index contributed by atoms with van der Waals surface area (Å²) in [7, 11) is 1.57. The molecule has 0 saturated heterocycles. The third kappa shape index (κ3) is 4.49. The van der Waals surface area contributed by atoms with Crippen molar-refractivity contribution in [1.29, 1.82) is 0 Å². The fourth-order valence-electron chi connectivity index (χ4n) is 2.36. The third-order valence-electron chi connectivity index (χ3n) is 3.63. The Kier molecular flexibility index (Phi) is 5.78. The first-order valence-electron chi connectivity index (χ1n) is 8.32. The number of amides is 1. The molecule has 0 saturated carbocycles. The van der Waals surface area contributed by atoms with Crippen LogP contribution in [0.15, 0.2) is 53.8 Å². The topological polar surface area (TPSA) is 101 Å². The molecule has 0 bridgehead atoms. The number of carbonyl (C=O) groups excluding carboxylic acids is 1. The van der Waals surface area contributed by atoms with Gasteiger partial charge in [-0.3, -0.25) is 14.9 Å². The zero-order valence-electron chi connectivity index (χ0n) is 15.0. The van der Waals surface area contributed by atoms with Crippen molar-refractivity contribution < 1.29 is 14.3 Å². The van der Waals surface area contributed by atoms with Crippen molar-refractivity contribution in [3.05, 3.63) is 60.0 Å². The number of carbonyl (C=O) groups is 1. The van der Waals surface area contributed by atoms with Gasteiger partial charge in [0.15, 0.2) is 11.5 Å². The van der Waals surface area contributed by atoms with E-state index in [1.165, 1.54) is 6.21 Å². The summed E-state index contributed by atoms with van der Waals surface area (Å²) in [4.78, 5) is 16.3. The number of rotatable bonds is 7. The van der Waals surface area contributed by atoms with E-state index in [2.05, 4.69) is 25.7 Å². The summed E-state index contributed by atoms with van der Waals surface area (Å²) in [6.45, 7) is 2.45. The fraction of sp³-hybridized carbons (Fsp3) is 0.158. The van der Waals surface area contributed by atoms with Crippen LogP contribution in [0.2, 0.25) is 0 Å². The summed E-state index contributed by atoms with van der Waals surface area (Å²) < 4.78 is 10.8. The summed E-state index contributed by atoms with van der Waals surface area (Å²) >= 11 is 0. The molecule has 0 aliphatic heterocycles. The first-order chi connectivity index (χ1) is 13.2. The van der Waals surface area contributed by atoms with Crippen LogP contribution in [0.4, 0.5) is 0 Å². The van der Waals surface area contributed by atoms with Gasteiger partial charge in [-0.15, -0.1) is 0 Å². The molecule has 2 heterocycles. The van der Waals surface area contributed by atoms with E-state index in [-0.39, 0.29) is 5.69 Å². The largest absolute Gasteiger partial charge is 0.493 e. The van der Waals surface area contributed by atoms with E-state index in [4.69, 9.17) is 9.47 Å². The average Bonchev–Trinajstić information content (AvgIpc) is 3.19. The van der Waals surface area contributed by atoms with Crippen LogP contribution in [0.1, 0.15) is 23.1 Å². The van der Waals surface area contributed by atoms with Crippen molar-refractivity contribution in [3.63, 3.8) is 0 Å². The molecule has 0 radical (unpaired) electrons. The first kappa shape index (κ1) is 18.1. The highest BCUT2D eigenvalue weighted by molar-refractivity contribution is 5.94. The average molecular weight is 365 g/mol. The molecule has 1 aromatic carbocycles. The van der Waals surface area contributed by atoms with Crippen molar-refractivity contribution in [2.45, 2.75) is 6.92 Å². The monoisotopic (exact) mass is 365 g/mol. The van der Waals surface area contributed by atoms with Gasteiger partial charge < -0.3 is 9.47 Å². The molecule has 2 aromatic heterocycles. The minimum absolute atomic E-state index is 0.288. The number of hydrazone groups is 1. The molecule has 138 valence electrons. The van der Waals surface area contributed by atoms with Crippen LogP contribution >= 0.6 is 0 Å². The number of pyridine rings is 1. The van der Waals surface area contributed by atoms with Crippen LogP contribution in [0.5, 0.6) is 11.5 Å². The van der Waals surface area contributed by atoms with Crippen LogP contribution in [-0.4, -0.2) is 41.0 Å². The minimum atomic E-state index is -0.404. The number of hydrogen-bond acceptors (Lipinski definition) is 6. The second kappa shape index (κ2) is 8.61. The summed E-state index contributed by atoms with van der Waals surface area (Å²) in [6, 6.07) is 12.5. The Morgan fingerprint density at radius 1 is 1.26 bits per heavy atom. The lowest BCUT2D eigenvalue weighted by Gasteiger charge is -2.09. The Morgan fingerprint density at radius 3 is 2.89 bits per heavy atom. The molecule has 2 N–H and O–H groups in total. The number of aromatic nitrogens is 3. The van der Waals surface area contributed by atoms with E-state index in [1.807, 2.05) is 31.2 Å². The van der Waals surface area contributed by atoms with Gasteiger partial charge in [-0.1, -0.05) is 6.07 Å². The lowest BCUT2D eigenvalue weighted by molar-refractivity contribution is 0.0950. The SMILES string of the molecule is CCOc1ccc(-c2cc(C(=O)N/N=C\c3ccccn3)[nH]n2)cc1OC. The molecule has 8 nitrogen and oxygen atoms in total. The van der Waals surface area contributed by atoms with Gasteiger partial charge in [0.2, 0.25) is 0 Å². The van der Waals surface area contributed by atoms with Crippen molar-refractivity contribution in [1.82, 2.24) is 20.6 Å². The van der Waals surface area contributed by atoms with Crippen LogP contribution < -0.4 is 14.9 Å². The van der Waals surface area contributed by atoms with Crippen molar-refractivity contribution in [2.24, 2.45) is 5.10 Å². The summed E-state index contributed by atoms with van der Waals surface area (Å²) in [5.41, 5.74) is 4.77. The van der Waals surface area contributed by atoms with Crippen LogP contribution in [0.25, 0.3) is 11.3 Å². The Balaban J connectivity index is 1.70. The Hall–Kier alpha value is -3.68. The Morgan fingerprint density at radius 2 is 2.15 bits per heavy atom. The Labute approximate surface area is 156 Å². The number of aromatic amines is 1. The molecule has 8 heteroatoms. The molecular formula is C19H19N5O3. The number of H-pyrrole nitrogens is 1. The quantitative estimate of drug-likeness (QED) is 0.495. The van der Waals surface area contributed by atoms with Crippen LogP contribution in [0, 0.1) is 0 Å². The van der Waals surface area contributed by atoms with E-state index < -0.39 is 5.91 Å². The van der Waals surface area contributed by atoms with Gasteiger partial charge in [-0.05, 0) is 43.3 Å². The third-order valence-corrected chi connectivity index (χ3v) is 3.63. The number of hydrogen-bond donors (Lipinski definition) is 2. The van der Waals surface area contributed by atoms with Gasteiger partial charge in [0.1, 0.15) is 5.69 Å². The summed E-state index contributed by atoms with van der Waals surface area (Å²) in [6.07, 6.45) is 3.11. The molecule has 3 aromatic rings. The molecule has 27 heavy (non-hydrogen) atoms. The number of benzene rings is 1. The van der Waals surface area contributed by atoms with Gasteiger partial charge in [0.25, 0.3) is 5.91 Å². The normalized spacial score (nSPS) is 10.7. The van der Waals surface area contributed by atoms with E-state index in [0.29, 0.717) is 29.5 Å². The summed E-state index contributed by atoms with van der Waals surface area (Å²) in [5, 5.41) is 10.8. The molecule has 0 atom stereocenters. The molecule has 3 rings (SSSR count). The molecule has 1 amide bonds. The van der Waals surface area contributed by atoms with Gasteiger partial charge in [-0.25, -0.2) is 5.43 Å². The number of nitrogens with one attached hydrogen (secondary N) is 2. The van der Waals surface area contributed by atoms with Gasteiger partial charge in [0.05, 0.1) is 31.3 Å². The van der Waals surface area contributed by atoms with Gasteiger partial charge in [-0.2, -0.15) is 10.2 Å². The van der Waals surface area contributed by atoms with Crippen LogP contribution in [0.3, 0.4) is 0 Å². The summed E-state index contributed by atoms with van der Waals surface area (Å²) in [5.74, 6) is 0.850. The molecule has 0 spiro atoms. The maximum atomic E-state index is 12.2. The second-order valence-electron chi connectivity index (χ2n) is 5.42. The molecular weight excluding hydrogens is 346 g/mol. The number of methoxy groups -OCH3 is 1. The predicted octanol–water partition coefficient (Wildman–Crippen LogP) is 2.64. The number of nitrogens with zero attached hydrogens (tertiary/aromatic N) is 3. The van der Waals surface area contributed by atoms with E-state index in [9.17, 15) is 4.79 Å². The predicted molar refractivity (Wildman–Crippen MR) is 101 cm³/mol. The molecule has 0 aliphatic carbocycles. The van der Waals surface area contributed by atoms with Crippen molar-refractivity contribution in [2.75, 3.05) is 13.7 Å². The number of ether oxygens (including phenoxy) is 2. The maximum absolute atomic E-state index is 12.2. The first-order valence-corrected chi connectivity index (χ1v) is 8.32. The lowest BCUT2D eigenvalue weighted by Crippen LogP contribution is -2.18. The smallest absolute Gasteiger partial charge is 0.289 e. The fourth-order valence-corrected chi connectivity index (χ4v) is 2.36. The molecule has 0 fully saturated rings. The van der Waals surface area contributed by atoms with E-state index in [1.54, 1.807) is 31.5 Å². The highest BCUT2D eigenvalue weighted by Crippen LogP contribution is 2.32. The zero-order chi connectivity index (χ0) is 19.1. The minimum Gasteiger partial charge on any atom is -0.493 e. The zero-order valence-corrected chi connectivity index (χ0v) is 15.0.